The summed E-state index contributed by atoms with van der Waals surface area (Å²) in [6, 6.07) is 7.42. The van der Waals surface area contributed by atoms with Crippen LogP contribution in [0.4, 0.5) is 0 Å². The molecule has 1 amide bonds. The number of nitrogens with zero attached hydrogens (tertiary/aromatic N) is 5. The van der Waals surface area contributed by atoms with Gasteiger partial charge in [0.1, 0.15) is 12.2 Å². The number of carbonyl (C=O) groups is 1. The average Bonchev–Trinajstić information content (AvgIpc) is 3.46. The third-order valence-electron chi connectivity index (χ3n) is 4.76. The van der Waals surface area contributed by atoms with Crippen LogP contribution in [0.5, 0.6) is 5.88 Å². The van der Waals surface area contributed by atoms with Crippen molar-refractivity contribution in [1.82, 2.24) is 24.9 Å². The van der Waals surface area contributed by atoms with E-state index in [0.29, 0.717) is 56.0 Å². The number of hydrogen-bond donors (Lipinski definition) is 0. The van der Waals surface area contributed by atoms with Crippen LogP contribution >= 0.6 is 11.3 Å². The SMILES string of the molecule is COCCOc1ncccc1C(=O)N1CCN(Cc2nc(-c3cccs3)no2)CC1. The number of pyridine rings is 1. The fraction of sp³-hybridized carbons (Fsp3) is 0.400. The Morgan fingerprint density at radius 1 is 1.20 bits per heavy atom. The highest BCUT2D eigenvalue weighted by Crippen LogP contribution is 2.22. The summed E-state index contributed by atoms with van der Waals surface area (Å²) in [6.07, 6.45) is 1.62. The van der Waals surface area contributed by atoms with Gasteiger partial charge in [0, 0.05) is 39.5 Å². The van der Waals surface area contributed by atoms with Crippen LogP contribution in [0, 0.1) is 0 Å². The monoisotopic (exact) mass is 429 g/mol. The number of methoxy groups -OCH3 is 1. The maximum absolute atomic E-state index is 13.0. The summed E-state index contributed by atoms with van der Waals surface area (Å²) in [7, 11) is 1.60. The molecule has 3 aromatic heterocycles. The second kappa shape index (κ2) is 9.79. The molecule has 1 saturated heterocycles. The van der Waals surface area contributed by atoms with Crippen molar-refractivity contribution in [2.45, 2.75) is 6.54 Å². The van der Waals surface area contributed by atoms with E-state index >= 15 is 0 Å². The van der Waals surface area contributed by atoms with E-state index in [1.807, 2.05) is 22.4 Å². The second-order valence-electron chi connectivity index (χ2n) is 6.75. The van der Waals surface area contributed by atoms with Gasteiger partial charge >= 0.3 is 0 Å². The zero-order valence-corrected chi connectivity index (χ0v) is 17.5. The third-order valence-corrected chi connectivity index (χ3v) is 5.62. The summed E-state index contributed by atoms with van der Waals surface area (Å²) in [6.45, 7) is 4.02. The largest absolute Gasteiger partial charge is 0.475 e. The molecule has 0 aliphatic carbocycles. The maximum Gasteiger partial charge on any atom is 0.259 e. The van der Waals surface area contributed by atoms with Crippen LogP contribution in [0.2, 0.25) is 0 Å². The van der Waals surface area contributed by atoms with Crippen molar-refractivity contribution in [2.24, 2.45) is 0 Å². The average molecular weight is 430 g/mol. The molecule has 0 atom stereocenters. The Bertz CT molecular complexity index is 954. The van der Waals surface area contributed by atoms with Gasteiger partial charge in [0.25, 0.3) is 5.91 Å². The molecular formula is C20H23N5O4S. The number of amides is 1. The molecule has 0 spiro atoms. The smallest absolute Gasteiger partial charge is 0.259 e. The van der Waals surface area contributed by atoms with Crippen LogP contribution in [0.3, 0.4) is 0 Å². The standard InChI is InChI=1S/C20H23N5O4S/c1-27-11-12-28-19-15(4-2-6-21-19)20(26)25-9-7-24(8-10-25)14-17-22-18(23-29-17)16-5-3-13-30-16/h2-6,13H,7-12,14H2,1H3. The first kappa shape index (κ1) is 20.5. The van der Waals surface area contributed by atoms with Crippen molar-refractivity contribution in [3.8, 4) is 16.6 Å². The highest BCUT2D eigenvalue weighted by Gasteiger charge is 2.26. The molecule has 0 N–H and O–H groups in total. The van der Waals surface area contributed by atoms with Crippen molar-refractivity contribution >= 4 is 17.2 Å². The van der Waals surface area contributed by atoms with Gasteiger partial charge in [-0.2, -0.15) is 4.98 Å². The maximum atomic E-state index is 13.0. The van der Waals surface area contributed by atoms with E-state index < -0.39 is 0 Å². The lowest BCUT2D eigenvalue weighted by molar-refractivity contribution is 0.0608. The lowest BCUT2D eigenvalue weighted by atomic mass is 10.2. The number of rotatable bonds is 8. The van der Waals surface area contributed by atoms with Crippen LogP contribution in [0.1, 0.15) is 16.2 Å². The number of aromatic nitrogens is 3. The van der Waals surface area contributed by atoms with Crippen molar-refractivity contribution in [3.63, 3.8) is 0 Å². The first-order valence-corrected chi connectivity index (χ1v) is 10.6. The zero-order valence-electron chi connectivity index (χ0n) is 16.7. The molecule has 1 aliphatic rings. The molecule has 1 aliphatic heterocycles. The van der Waals surface area contributed by atoms with E-state index in [0.717, 1.165) is 18.0 Å². The van der Waals surface area contributed by atoms with Crippen LogP contribution in [0.15, 0.2) is 40.4 Å². The van der Waals surface area contributed by atoms with Crippen molar-refractivity contribution < 1.29 is 18.8 Å². The quantitative estimate of drug-likeness (QED) is 0.503. The minimum atomic E-state index is -0.0760. The summed E-state index contributed by atoms with van der Waals surface area (Å²) in [5.74, 6) is 1.47. The molecule has 0 aromatic carbocycles. The number of carbonyl (C=O) groups excluding carboxylic acids is 1. The van der Waals surface area contributed by atoms with Gasteiger partial charge in [-0.3, -0.25) is 9.69 Å². The van der Waals surface area contributed by atoms with E-state index in [-0.39, 0.29) is 5.91 Å². The number of piperazine rings is 1. The lowest BCUT2D eigenvalue weighted by Gasteiger charge is -2.34. The van der Waals surface area contributed by atoms with Gasteiger partial charge in [0.2, 0.25) is 17.6 Å². The van der Waals surface area contributed by atoms with Crippen molar-refractivity contribution in [2.75, 3.05) is 46.5 Å². The highest BCUT2D eigenvalue weighted by molar-refractivity contribution is 7.13. The Morgan fingerprint density at radius 2 is 2.07 bits per heavy atom. The summed E-state index contributed by atoms with van der Waals surface area (Å²) >= 11 is 1.58. The molecule has 158 valence electrons. The Balaban J connectivity index is 1.32. The van der Waals surface area contributed by atoms with Gasteiger partial charge in [0.15, 0.2) is 0 Å². The van der Waals surface area contributed by atoms with E-state index in [2.05, 4.69) is 20.0 Å². The van der Waals surface area contributed by atoms with Gasteiger partial charge in [0.05, 0.1) is 18.0 Å². The second-order valence-corrected chi connectivity index (χ2v) is 7.70. The molecule has 0 radical (unpaired) electrons. The van der Waals surface area contributed by atoms with E-state index in [9.17, 15) is 4.79 Å². The Kier molecular flexibility index (Phi) is 6.67. The fourth-order valence-corrected chi connectivity index (χ4v) is 3.84. The first-order chi connectivity index (χ1) is 14.7. The minimum absolute atomic E-state index is 0.0760. The molecular weight excluding hydrogens is 406 g/mol. The Morgan fingerprint density at radius 3 is 2.83 bits per heavy atom. The molecule has 4 heterocycles. The summed E-state index contributed by atoms with van der Waals surface area (Å²) < 4.78 is 16.0. The first-order valence-electron chi connectivity index (χ1n) is 9.69. The predicted octanol–water partition coefficient (Wildman–Crippen LogP) is 2.18. The molecule has 0 bridgehead atoms. The van der Waals surface area contributed by atoms with Gasteiger partial charge in [-0.05, 0) is 23.6 Å². The van der Waals surface area contributed by atoms with E-state index in [1.165, 1.54) is 0 Å². The predicted molar refractivity (Wildman–Crippen MR) is 110 cm³/mol. The van der Waals surface area contributed by atoms with Gasteiger partial charge in [-0.1, -0.05) is 11.2 Å². The summed E-state index contributed by atoms with van der Waals surface area (Å²) in [4.78, 5) is 26.6. The van der Waals surface area contributed by atoms with Gasteiger partial charge < -0.3 is 18.9 Å². The Labute approximate surface area is 178 Å². The fourth-order valence-electron chi connectivity index (χ4n) is 3.19. The molecule has 30 heavy (non-hydrogen) atoms. The normalized spacial score (nSPS) is 14.8. The molecule has 0 unspecified atom stereocenters. The molecule has 4 rings (SSSR count). The molecule has 10 heteroatoms. The summed E-state index contributed by atoms with van der Waals surface area (Å²) in [5, 5.41) is 6.03. The zero-order chi connectivity index (χ0) is 20.8. The van der Waals surface area contributed by atoms with E-state index in [4.69, 9.17) is 14.0 Å². The number of thiophene rings is 1. The van der Waals surface area contributed by atoms with Crippen LogP contribution < -0.4 is 4.74 Å². The van der Waals surface area contributed by atoms with Crippen LogP contribution in [-0.4, -0.2) is 77.3 Å². The molecule has 0 saturated carbocycles. The third kappa shape index (κ3) is 4.84. The summed E-state index contributed by atoms with van der Waals surface area (Å²) in [5.41, 5.74) is 0.472. The van der Waals surface area contributed by atoms with Crippen LogP contribution in [-0.2, 0) is 11.3 Å². The van der Waals surface area contributed by atoms with Crippen molar-refractivity contribution in [3.05, 3.63) is 47.3 Å². The minimum Gasteiger partial charge on any atom is -0.475 e. The number of hydrogen-bond acceptors (Lipinski definition) is 9. The van der Waals surface area contributed by atoms with Crippen LogP contribution in [0.25, 0.3) is 10.7 Å². The topological polar surface area (TPSA) is 93.8 Å². The molecule has 9 nitrogen and oxygen atoms in total. The van der Waals surface area contributed by atoms with Crippen molar-refractivity contribution in [1.29, 1.82) is 0 Å². The Hall–Kier alpha value is -2.82. The van der Waals surface area contributed by atoms with Gasteiger partial charge in [-0.25, -0.2) is 4.98 Å². The molecule has 3 aromatic rings. The highest BCUT2D eigenvalue weighted by atomic mass is 32.1. The molecule has 1 fully saturated rings. The van der Waals surface area contributed by atoms with E-state index in [1.54, 1.807) is 36.8 Å². The lowest BCUT2D eigenvalue weighted by Crippen LogP contribution is -2.48. The van der Waals surface area contributed by atoms with Gasteiger partial charge in [-0.15, -0.1) is 11.3 Å². The number of ether oxygens (including phenoxy) is 2.